The summed E-state index contributed by atoms with van der Waals surface area (Å²) < 4.78 is 1.83. The lowest BCUT2D eigenvalue weighted by atomic mass is 10.00. The topological polar surface area (TPSA) is 98.0 Å². The molecular formula is C27H26N4O3. The van der Waals surface area contributed by atoms with E-state index in [0.29, 0.717) is 18.5 Å². The maximum atomic E-state index is 12.8. The van der Waals surface area contributed by atoms with Gasteiger partial charge in [-0.1, -0.05) is 67.9 Å². The summed E-state index contributed by atoms with van der Waals surface area (Å²) in [4.78, 5) is 33.0. The summed E-state index contributed by atoms with van der Waals surface area (Å²) in [7, 11) is 0. The minimum absolute atomic E-state index is 0.101. The second kappa shape index (κ2) is 10.7. The molecule has 0 unspecified atom stereocenters. The van der Waals surface area contributed by atoms with Gasteiger partial charge in [-0.15, -0.1) is 5.10 Å². The van der Waals surface area contributed by atoms with E-state index in [-0.39, 0.29) is 23.6 Å². The fourth-order valence-electron chi connectivity index (χ4n) is 3.77. The van der Waals surface area contributed by atoms with E-state index < -0.39 is 5.97 Å². The molecule has 4 aromatic rings. The predicted molar refractivity (Wildman–Crippen MR) is 129 cm³/mol. The zero-order valence-corrected chi connectivity index (χ0v) is 19.0. The van der Waals surface area contributed by atoms with Crippen LogP contribution in [0.1, 0.15) is 57.7 Å². The van der Waals surface area contributed by atoms with Gasteiger partial charge in [0.1, 0.15) is 5.82 Å². The first kappa shape index (κ1) is 23.0. The Bertz CT molecular complexity index is 1280. The van der Waals surface area contributed by atoms with Crippen LogP contribution >= 0.6 is 0 Å². The lowest BCUT2D eigenvalue weighted by molar-refractivity contribution is 0.0697. The summed E-state index contributed by atoms with van der Waals surface area (Å²) in [6.07, 6.45) is 5.78. The summed E-state index contributed by atoms with van der Waals surface area (Å²) in [6, 6.07) is 18.7. The van der Waals surface area contributed by atoms with Gasteiger partial charge in [-0.25, -0.2) is 14.5 Å². The summed E-state index contributed by atoms with van der Waals surface area (Å²) >= 11 is 0. The largest absolute Gasteiger partial charge is 0.478 e. The van der Waals surface area contributed by atoms with Crippen molar-refractivity contribution in [2.45, 2.75) is 39.2 Å². The van der Waals surface area contributed by atoms with Gasteiger partial charge in [0, 0.05) is 37.3 Å². The third kappa shape index (κ3) is 5.43. The van der Waals surface area contributed by atoms with E-state index in [1.165, 1.54) is 12.3 Å². The van der Waals surface area contributed by atoms with E-state index >= 15 is 0 Å². The number of carbonyl (C=O) groups is 2. The van der Waals surface area contributed by atoms with Crippen LogP contribution in [0.25, 0.3) is 11.1 Å². The van der Waals surface area contributed by atoms with Crippen LogP contribution in [-0.4, -0.2) is 36.6 Å². The van der Waals surface area contributed by atoms with Gasteiger partial charge in [-0.3, -0.25) is 9.78 Å². The Balaban J connectivity index is 1.55. The normalized spacial score (nSPS) is 10.9. The van der Waals surface area contributed by atoms with Gasteiger partial charge in [0.05, 0.1) is 5.56 Å². The number of aromatic carboxylic acids is 1. The van der Waals surface area contributed by atoms with Gasteiger partial charge >= 0.3 is 5.97 Å². The molecule has 172 valence electrons. The van der Waals surface area contributed by atoms with Crippen LogP contribution in [0, 0.1) is 0 Å². The van der Waals surface area contributed by atoms with Crippen LogP contribution in [0.4, 0.5) is 0 Å². The first-order valence-electron chi connectivity index (χ1n) is 11.3. The summed E-state index contributed by atoms with van der Waals surface area (Å²) in [5.74, 6) is -0.104. The third-order valence-electron chi connectivity index (χ3n) is 5.61. The van der Waals surface area contributed by atoms with Crippen molar-refractivity contribution in [3.63, 3.8) is 0 Å². The van der Waals surface area contributed by atoms with Crippen molar-refractivity contribution in [2.75, 3.05) is 0 Å². The zero-order valence-electron chi connectivity index (χ0n) is 19.0. The van der Waals surface area contributed by atoms with Gasteiger partial charge < -0.3 is 5.11 Å². The predicted octanol–water partition coefficient (Wildman–Crippen LogP) is 4.85. The van der Waals surface area contributed by atoms with Crippen LogP contribution in [-0.2, 0) is 19.4 Å². The number of rotatable bonds is 10. The minimum atomic E-state index is -0.988. The molecule has 0 radical (unpaired) electrons. The highest BCUT2D eigenvalue weighted by Crippen LogP contribution is 2.24. The van der Waals surface area contributed by atoms with Crippen LogP contribution in [0.3, 0.4) is 0 Å². The standard InChI is InChI=1S/C27H26N4O3/c1-2-3-15-31-25(29-26(30-31)24(32)16-19-7-5-4-6-8-19)17-20-9-11-21(12-10-20)23-18-28-14-13-22(23)27(33)34/h4-14,18H,2-3,15-17H2,1H3,(H,33,34). The number of benzene rings is 2. The average Bonchev–Trinajstić information content (AvgIpc) is 3.26. The maximum absolute atomic E-state index is 12.8. The Morgan fingerprint density at radius 2 is 1.74 bits per heavy atom. The van der Waals surface area contributed by atoms with Crippen LogP contribution in [0.2, 0.25) is 0 Å². The van der Waals surface area contributed by atoms with Gasteiger partial charge in [-0.2, -0.15) is 0 Å². The molecule has 0 aliphatic heterocycles. The number of carboxylic acids is 1. The van der Waals surface area contributed by atoms with Crippen molar-refractivity contribution in [1.82, 2.24) is 19.7 Å². The molecule has 7 heteroatoms. The molecule has 2 aromatic heterocycles. The molecule has 2 aromatic carbocycles. The molecule has 0 saturated heterocycles. The van der Waals surface area contributed by atoms with Gasteiger partial charge in [-0.05, 0) is 29.2 Å². The summed E-state index contributed by atoms with van der Waals surface area (Å²) in [5.41, 5.74) is 3.49. The van der Waals surface area contributed by atoms with Crippen molar-refractivity contribution in [1.29, 1.82) is 0 Å². The number of aryl methyl sites for hydroxylation is 1. The second-order valence-corrected chi connectivity index (χ2v) is 8.11. The molecule has 0 fully saturated rings. The van der Waals surface area contributed by atoms with Gasteiger partial charge in [0.25, 0.3) is 0 Å². The molecule has 7 nitrogen and oxygen atoms in total. The SMILES string of the molecule is CCCCn1nc(C(=O)Cc2ccccc2)nc1Cc1ccc(-c2cnccc2C(=O)O)cc1. The number of hydrogen-bond donors (Lipinski definition) is 1. The number of carboxylic acid groups (broad SMARTS) is 1. The first-order chi connectivity index (χ1) is 16.5. The van der Waals surface area contributed by atoms with E-state index in [9.17, 15) is 14.7 Å². The molecule has 1 N–H and O–H groups in total. The number of hydrogen-bond acceptors (Lipinski definition) is 5. The Morgan fingerprint density at radius 1 is 0.971 bits per heavy atom. The van der Waals surface area contributed by atoms with E-state index in [1.807, 2.05) is 59.3 Å². The minimum Gasteiger partial charge on any atom is -0.478 e. The number of unbranched alkanes of at least 4 members (excludes halogenated alkanes) is 1. The molecule has 0 atom stereocenters. The maximum Gasteiger partial charge on any atom is 0.336 e. The Labute approximate surface area is 198 Å². The first-order valence-corrected chi connectivity index (χ1v) is 11.3. The van der Waals surface area contributed by atoms with E-state index in [0.717, 1.165) is 35.4 Å². The molecule has 0 aliphatic carbocycles. The zero-order chi connectivity index (χ0) is 23.9. The summed E-state index contributed by atoms with van der Waals surface area (Å²) in [6.45, 7) is 2.81. The Hall–Kier alpha value is -4.13. The highest BCUT2D eigenvalue weighted by Gasteiger charge is 2.17. The number of pyridine rings is 1. The molecule has 0 bridgehead atoms. The van der Waals surface area contributed by atoms with Crippen molar-refractivity contribution >= 4 is 11.8 Å². The highest BCUT2D eigenvalue weighted by molar-refractivity contribution is 5.95. The molecule has 0 aliphatic rings. The molecule has 2 heterocycles. The average molecular weight is 455 g/mol. The summed E-state index contributed by atoms with van der Waals surface area (Å²) in [5, 5.41) is 14.0. The number of ketones is 1. The second-order valence-electron chi connectivity index (χ2n) is 8.11. The highest BCUT2D eigenvalue weighted by atomic mass is 16.4. The van der Waals surface area contributed by atoms with Crippen LogP contribution < -0.4 is 0 Å². The van der Waals surface area contributed by atoms with Crippen molar-refractivity contribution < 1.29 is 14.7 Å². The van der Waals surface area contributed by atoms with Gasteiger partial charge in [0.2, 0.25) is 11.6 Å². The Morgan fingerprint density at radius 3 is 2.44 bits per heavy atom. The monoisotopic (exact) mass is 454 g/mol. The number of carbonyl (C=O) groups excluding carboxylic acids is 1. The molecule has 4 rings (SSSR count). The lowest BCUT2D eigenvalue weighted by Gasteiger charge is -2.08. The third-order valence-corrected chi connectivity index (χ3v) is 5.61. The van der Waals surface area contributed by atoms with Crippen molar-refractivity contribution in [3.8, 4) is 11.1 Å². The smallest absolute Gasteiger partial charge is 0.336 e. The van der Waals surface area contributed by atoms with Crippen LogP contribution in [0.5, 0.6) is 0 Å². The van der Waals surface area contributed by atoms with Crippen molar-refractivity contribution in [2.24, 2.45) is 0 Å². The number of aromatic nitrogens is 4. The van der Waals surface area contributed by atoms with E-state index in [2.05, 4.69) is 22.0 Å². The number of Topliss-reactive ketones (excluding diaryl/α,β-unsaturated/α-hetero) is 1. The molecule has 0 spiro atoms. The van der Waals surface area contributed by atoms with Gasteiger partial charge in [0.15, 0.2) is 0 Å². The lowest BCUT2D eigenvalue weighted by Crippen LogP contribution is -2.08. The molecular weight excluding hydrogens is 428 g/mol. The fourth-order valence-corrected chi connectivity index (χ4v) is 3.77. The van der Waals surface area contributed by atoms with E-state index in [4.69, 9.17) is 0 Å². The Kier molecular flexibility index (Phi) is 7.22. The molecule has 0 saturated carbocycles. The fraction of sp³-hybridized carbons (Fsp3) is 0.222. The molecule has 0 amide bonds. The van der Waals surface area contributed by atoms with Crippen LogP contribution in [0.15, 0.2) is 73.1 Å². The van der Waals surface area contributed by atoms with Crippen molar-refractivity contribution in [3.05, 3.63) is 101 Å². The molecule has 34 heavy (non-hydrogen) atoms. The quantitative estimate of drug-likeness (QED) is 0.344. The number of nitrogens with zero attached hydrogens (tertiary/aromatic N) is 4. The van der Waals surface area contributed by atoms with E-state index in [1.54, 1.807) is 6.20 Å².